The van der Waals surface area contributed by atoms with Crippen molar-refractivity contribution in [2.24, 2.45) is 0 Å². The molecule has 0 spiro atoms. The minimum absolute atomic E-state index is 0.0577. The molecular weight excluding hydrogens is 238 g/mol. The number of nitrogens with zero attached hydrogens (tertiary/aromatic N) is 3. The van der Waals surface area contributed by atoms with Crippen LogP contribution in [-0.2, 0) is 0 Å². The van der Waals surface area contributed by atoms with Crippen molar-refractivity contribution in [2.75, 3.05) is 0 Å². The van der Waals surface area contributed by atoms with Gasteiger partial charge in [-0.1, -0.05) is 12.8 Å². The Kier molecular flexibility index (Phi) is 2.32. The first-order valence-corrected chi connectivity index (χ1v) is 6.09. The quantitative estimate of drug-likeness (QED) is 0.608. The van der Waals surface area contributed by atoms with E-state index < -0.39 is 0 Å². The Morgan fingerprint density at radius 1 is 1.53 bits per heavy atom. The van der Waals surface area contributed by atoms with E-state index in [1.54, 1.807) is 6.07 Å². The number of hydrogen-bond acceptors (Lipinski definition) is 3. The molecule has 0 aromatic carbocycles. The first kappa shape index (κ1) is 9.59. The van der Waals surface area contributed by atoms with Crippen LogP contribution in [0.5, 0.6) is 0 Å². The largest absolute Gasteiger partial charge is 0.320 e. The van der Waals surface area contributed by atoms with E-state index in [-0.39, 0.29) is 17.5 Å². The minimum atomic E-state index is 0.0577. The van der Waals surface area contributed by atoms with Gasteiger partial charge in [-0.05, 0) is 30.5 Å². The standard InChI is InChI=1S/C12H12ClN3O/c13-12-14-6-8-5-10(7-17)16(11(8)15-12)9-3-1-2-4-9/h5-7,9H,1-4H2/i6D. The molecule has 0 saturated heterocycles. The molecule has 0 aliphatic heterocycles. The summed E-state index contributed by atoms with van der Waals surface area (Å²) >= 11 is 5.81. The van der Waals surface area contributed by atoms with Gasteiger partial charge in [0.05, 0.1) is 7.06 Å². The lowest BCUT2D eigenvalue weighted by molar-refractivity contribution is 0.111. The van der Waals surface area contributed by atoms with Crippen molar-refractivity contribution in [1.29, 1.82) is 0 Å². The average molecular weight is 251 g/mol. The molecule has 1 fully saturated rings. The van der Waals surface area contributed by atoms with Crippen LogP contribution < -0.4 is 0 Å². The molecule has 88 valence electrons. The highest BCUT2D eigenvalue weighted by Gasteiger charge is 2.22. The molecule has 4 nitrogen and oxygen atoms in total. The average Bonchev–Trinajstić information content (AvgIpc) is 2.94. The topological polar surface area (TPSA) is 47.8 Å². The summed E-state index contributed by atoms with van der Waals surface area (Å²) < 4.78 is 9.71. The molecular formula is C12H12ClN3O. The van der Waals surface area contributed by atoms with Crippen LogP contribution in [0.3, 0.4) is 0 Å². The SMILES string of the molecule is [2H]c1nc(Cl)nc2c1cc(C=O)n2C1CCCC1. The minimum Gasteiger partial charge on any atom is -0.320 e. The maximum Gasteiger partial charge on any atom is 0.224 e. The number of carbonyl (C=O) groups excluding carboxylic acids is 1. The fraction of sp³-hybridized carbons (Fsp3) is 0.417. The third-order valence-corrected chi connectivity index (χ3v) is 3.49. The van der Waals surface area contributed by atoms with E-state index in [9.17, 15) is 4.79 Å². The molecule has 0 atom stereocenters. The van der Waals surface area contributed by atoms with Gasteiger partial charge in [0.2, 0.25) is 5.28 Å². The first-order chi connectivity index (χ1) is 8.70. The summed E-state index contributed by atoms with van der Waals surface area (Å²) in [5, 5.41) is 0.649. The van der Waals surface area contributed by atoms with Gasteiger partial charge in [-0.2, -0.15) is 4.98 Å². The number of halogens is 1. The summed E-state index contributed by atoms with van der Waals surface area (Å²) in [4.78, 5) is 19.2. The molecule has 5 heteroatoms. The van der Waals surface area contributed by atoms with Gasteiger partial charge < -0.3 is 4.57 Å². The van der Waals surface area contributed by atoms with Crippen molar-refractivity contribution >= 4 is 28.9 Å². The molecule has 0 unspecified atom stereocenters. The van der Waals surface area contributed by atoms with E-state index in [0.717, 1.165) is 32.0 Å². The molecule has 17 heavy (non-hydrogen) atoms. The van der Waals surface area contributed by atoms with Crippen LogP contribution in [0.25, 0.3) is 11.0 Å². The Labute approximate surface area is 105 Å². The normalized spacial score (nSPS) is 17.6. The third-order valence-electron chi connectivity index (χ3n) is 3.32. The van der Waals surface area contributed by atoms with E-state index in [4.69, 9.17) is 13.0 Å². The zero-order chi connectivity index (χ0) is 12.7. The summed E-state index contributed by atoms with van der Waals surface area (Å²) in [7, 11) is 0. The Balaban J connectivity index is 2.29. The Bertz CT molecular complexity index is 619. The number of aldehydes is 1. The Morgan fingerprint density at radius 2 is 2.29 bits per heavy atom. The zero-order valence-electron chi connectivity index (χ0n) is 10.2. The summed E-state index contributed by atoms with van der Waals surface area (Å²) in [5.74, 6) is 0. The Morgan fingerprint density at radius 3 is 3.00 bits per heavy atom. The van der Waals surface area contributed by atoms with E-state index in [1.165, 1.54) is 0 Å². The van der Waals surface area contributed by atoms with Crippen LogP contribution in [0.15, 0.2) is 12.2 Å². The summed E-state index contributed by atoms with van der Waals surface area (Å²) in [6, 6.07) is 1.97. The van der Waals surface area contributed by atoms with Crippen molar-refractivity contribution < 1.29 is 6.17 Å². The van der Waals surface area contributed by atoms with Crippen LogP contribution >= 0.6 is 11.6 Å². The second-order valence-electron chi connectivity index (χ2n) is 4.34. The zero-order valence-corrected chi connectivity index (χ0v) is 9.94. The predicted molar refractivity (Wildman–Crippen MR) is 65.4 cm³/mol. The summed E-state index contributed by atoms with van der Waals surface area (Å²) in [5.41, 5.74) is 1.16. The number of carbonyl (C=O) groups is 1. The van der Waals surface area contributed by atoms with Gasteiger partial charge >= 0.3 is 0 Å². The molecule has 1 saturated carbocycles. The van der Waals surface area contributed by atoms with E-state index >= 15 is 0 Å². The smallest absolute Gasteiger partial charge is 0.224 e. The molecule has 2 aromatic rings. The molecule has 0 radical (unpaired) electrons. The second kappa shape index (κ2) is 4.11. The van der Waals surface area contributed by atoms with Gasteiger partial charge in [0, 0.05) is 17.6 Å². The highest BCUT2D eigenvalue weighted by molar-refractivity contribution is 6.28. The second-order valence-corrected chi connectivity index (χ2v) is 4.68. The number of hydrogen-bond donors (Lipinski definition) is 0. The highest BCUT2D eigenvalue weighted by Crippen LogP contribution is 2.33. The maximum absolute atomic E-state index is 11.2. The molecule has 0 bridgehead atoms. The fourth-order valence-electron chi connectivity index (χ4n) is 2.59. The van der Waals surface area contributed by atoms with Crippen molar-refractivity contribution in [3.05, 3.63) is 23.2 Å². The molecule has 0 amide bonds. The molecule has 0 N–H and O–H groups in total. The van der Waals surface area contributed by atoms with Crippen molar-refractivity contribution in [1.82, 2.24) is 14.5 Å². The van der Waals surface area contributed by atoms with Gasteiger partial charge in [0.25, 0.3) is 0 Å². The van der Waals surface area contributed by atoms with Crippen LogP contribution in [0.1, 0.15) is 43.6 Å². The molecule has 3 rings (SSSR count). The monoisotopic (exact) mass is 250 g/mol. The maximum atomic E-state index is 11.2. The number of fused-ring (bicyclic) bond motifs is 1. The van der Waals surface area contributed by atoms with Gasteiger partial charge in [0.15, 0.2) is 6.29 Å². The molecule has 2 aromatic heterocycles. The van der Waals surface area contributed by atoms with Crippen molar-refractivity contribution in [3.63, 3.8) is 0 Å². The molecule has 2 heterocycles. The van der Waals surface area contributed by atoms with Gasteiger partial charge in [-0.25, -0.2) is 4.98 Å². The number of aromatic nitrogens is 3. The van der Waals surface area contributed by atoms with E-state index in [2.05, 4.69) is 9.97 Å². The molecule has 1 aliphatic rings. The number of rotatable bonds is 2. The van der Waals surface area contributed by atoms with Gasteiger partial charge in [-0.3, -0.25) is 4.79 Å². The van der Waals surface area contributed by atoms with Gasteiger partial charge in [0.1, 0.15) is 5.65 Å². The Hall–Kier alpha value is -1.42. The highest BCUT2D eigenvalue weighted by atomic mass is 35.5. The van der Waals surface area contributed by atoms with E-state index in [1.807, 2.05) is 4.57 Å². The van der Waals surface area contributed by atoms with Crippen LogP contribution in [0.2, 0.25) is 5.28 Å². The predicted octanol–water partition coefficient (Wildman–Crippen LogP) is 3.01. The molecule has 1 aliphatic carbocycles. The lowest BCUT2D eigenvalue weighted by Crippen LogP contribution is -2.08. The van der Waals surface area contributed by atoms with Crippen LogP contribution in [-0.4, -0.2) is 20.8 Å². The first-order valence-electron chi connectivity index (χ1n) is 6.21. The summed E-state index contributed by atoms with van der Waals surface area (Å²) in [6.45, 7) is 0. The van der Waals surface area contributed by atoms with Crippen LogP contribution in [0, 0.1) is 0 Å². The lowest BCUT2D eigenvalue weighted by atomic mass is 10.2. The van der Waals surface area contributed by atoms with Crippen LogP contribution in [0.4, 0.5) is 0 Å². The van der Waals surface area contributed by atoms with Crippen molar-refractivity contribution in [3.8, 4) is 0 Å². The lowest BCUT2D eigenvalue weighted by Gasteiger charge is -2.14. The van der Waals surface area contributed by atoms with Crippen molar-refractivity contribution in [2.45, 2.75) is 31.7 Å². The summed E-state index contributed by atoms with van der Waals surface area (Å²) in [6.07, 6.45) is 5.29. The van der Waals surface area contributed by atoms with Gasteiger partial charge in [-0.15, -0.1) is 0 Å². The fourth-order valence-corrected chi connectivity index (χ4v) is 2.71. The van der Waals surface area contributed by atoms with E-state index in [0.29, 0.717) is 16.7 Å². The third kappa shape index (κ3) is 1.72.